The fraction of sp³-hybridized carbons (Fsp3) is 0.273. The molecule has 1 fully saturated rings. The van der Waals surface area contributed by atoms with E-state index in [1.54, 1.807) is 0 Å². The first-order valence-corrected chi connectivity index (χ1v) is 9.48. The lowest BCUT2D eigenvalue weighted by Gasteiger charge is -2.17. The maximum Gasteiger partial charge on any atom is 0.252 e. The molecule has 0 spiro atoms. The molecule has 2 heterocycles. The Hall–Kier alpha value is -2.99. The van der Waals surface area contributed by atoms with Gasteiger partial charge in [-0.25, -0.2) is 4.39 Å². The van der Waals surface area contributed by atoms with Gasteiger partial charge in [0.2, 0.25) is 5.56 Å². The summed E-state index contributed by atoms with van der Waals surface area (Å²) in [6.07, 6.45) is 1.11. The van der Waals surface area contributed by atoms with E-state index in [-0.39, 0.29) is 11.5 Å². The van der Waals surface area contributed by atoms with Gasteiger partial charge in [0, 0.05) is 31.1 Å². The number of aromatic amines is 1. The fourth-order valence-corrected chi connectivity index (χ4v) is 3.88. The Morgan fingerprint density at radius 1 is 1.18 bits per heavy atom. The Bertz CT molecular complexity index is 1050. The zero-order valence-corrected chi connectivity index (χ0v) is 15.5. The van der Waals surface area contributed by atoms with E-state index in [1.165, 1.54) is 29.8 Å². The maximum absolute atomic E-state index is 13.4. The largest absolute Gasteiger partial charge is 0.351 e. The van der Waals surface area contributed by atoms with E-state index in [9.17, 15) is 14.0 Å². The second-order valence-electron chi connectivity index (χ2n) is 7.19. The Labute approximate surface area is 162 Å². The molecule has 1 aromatic heterocycles. The molecule has 0 unspecified atom stereocenters. The normalized spacial score (nSPS) is 17.1. The highest BCUT2D eigenvalue weighted by Crippen LogP contribution is 2.26. The molecule has 6 heteroatoms. The van der Waals surface area contributed by atoms with Gasteiger partial charge in [-0.3, -0.25) is 9.59 Å². The molecular formula is C22H22FN3O2. The molecule has 0 aliphatic carbocycles. The second kappa shape index (κ2) is 7.94. The average Bonchev–Trinajstić information content (AvgIpc) is 3.16. The highest BCUT2D eigenvalue weighted by atomic mass is 19.1. The van der Waals surface area contributed by atoms with E-state index in [4.69, 9.17) is 0 Å². The van der Waals surface area contributed by atoms with Crippen molar-refractivity contribution in [3.05, 3.63) is 81.9 Å². The molecule has 1 amide bonds. The van der Waals surface area contributed by atoms with Crippen LogP contribution < -0.4 is 10.9 Å². The van der Waals surface area contributed by atoms with Gasteiger partial charge < -0.3 is 15.2 Å². The van der Waals surface area contributed by atoms with Gasteiger partial charge in [-0.15, -0.1) is 0 Å². The molecular weight excluding hydrogens is 357 g/mol. The van der Waals surface area contributed by atoms with Crippen molar-refractivity contribution in [3.8, 4) is 0 Å². The minimum Gasteiger partial charge on any atom is -0.351 e. The summed E-state index contributed by atoms with van der Waals surface area (Å²) in [5, 5.41) is 3.42. The molecule has 1 saturated heterocycles. The van der Waals surface area contributed by atoms with E-state index < -0.39 is 11.4 Å². The van der Waals surface area contributed by atoms with E-state index in [1.807, 2.05) is 6.07 Å². The monoisotopic (exact) mass is 379 g/mol. The van der Waals surface area contributed by atoms with Crippen LogP contribution in [0.25, 0.3) is 10.9 Å². The van der Waals surface area contributed by atoms with Crippen LogP contribution in [0.3, 0.4) is 0 Å². The van der Waals surface area contributed by atoms with Crippen LogP contribution >= 0.6 is 0 Å². The predicted molar refractivity (Wildman–Crippen MR) is 107 cm³/mol. The molecule has 1 aliphatic heterocycles. The van der Waals surface area contributed by atoms with Crippen molar-refractivity contribution in [2.75, 3.05) is 26.2 Å². The summed E-state index contributed by atoms with van der Waals surface area (Å²) >= 11 is 0. The number of pyridine rings is 1. The summed E-state index contributed by atoms with van der Waals surface area (Å²) in [4.78, 5) is 29.3. The number of amides is 1. The number of likely N-dealkylation sites (tertiary alicyclic amines) is 1. The average molecular weight is 379 g/mol. The highest BCUT2D eigenvalue weighted by Gasteiger charge is 2.23. The van der Waals surface area contributed by atoms with Crippen LogP contribution in [0, 0.1) is 5.82 Å². The number of benzene rings is 2. The molecule has 3 aromatic rings. The number of nitrogens with one attached hydrogen (secondary N) is 2. The third-order valence-electron chi connectivity index (χ3n) is 5.31. The third kappa shape index (κ3) is 3.97. The standard InChI is InChI=1S/C22H22FN3O2/c23-17-6-7-18-19(13-21(27)25-20(18)12-17)22(28)24-9-11-26-10-8-16(14-26)15-4-2-1-3-5-15/h1-7,12-13,16H,8-11,14H2,(H,24,28)(H,25,27)/t16-/m0/s1. The quantitative estimate of drug-likeness (QED) is 0.716. The molecule has 4 rings (SSSR count). The topological polar surface area (TPSA) is 65.2 Å². The summed E-state index contributed by atoms with van der Waals surface area (Å²) in [6.45, 7) is 3.23. The molecule has 2 aromatic carbocycles. The van der Waals surface area contributed by atoms with Crippen molar-refractivity contribution >= 4 is 16.8 Å². The van der Waals surface area contributed by atoms with E-state index in [0.29, 0.717) is 23.4 Å². The third-order valence-corrected chi connectivity index (χ3v) is 5.31. The first kappa shape index (κ1) is 18.4. The van der Waals surface area contributed by atoms with Gasteiger partial charge in [0.05, 0.1) is 11.1 Å². The van der Waals surface area contributed by atoms with Crippen molar-refractivity contribution in [1.29, 1.82) is 0 Å². The zero-order valence-electron chi connectivity index (χ0n) is 15.5. The van der Waals surface area contributed by atoms with Crippen molar-refractivity contribution in [2.45, 2.75) is 12.3 Å². The summed E-state index contributed by atoms with van der Waals surface area (Å²) in [6, 6.07) is 15.8. The summed E-state index contributed by atoms with van der Waals surface area (Å²) in [7, 11) is 0. The highest BCUT2D eigenvalue weighted by molar-refractivity contribution is 6.05. The molecule has 0 radical (unpaired) electrons. The minimum atomic E-state index is -0.456. The Morgan fingerprint density at radius 3 is 2.82 bits per heavy atom. The Morgan fingerprint density at radius 2 is 2.00 bits per heavy atom. The lowest BCUT2D eigenvalue weighted by Crippen LogP contribution is -2.34. The molecule has 1 atom stereocenters. The van der Waals surface area contributed by atoms with Gasteiger partial charge in [-0.1, -0.05) is 30.3 Å². The summed E-state index contributed by atoms with van der Waals surface area (Å²) in [5.74, 6) is -0.243. The zero-order chi connectivity index (χ0) is 19.5. The summed E-state index contributed by atoms with van der Waals surface area (Å²) < 4.78 is 13.4. The van der Waals surface area contributed by atoms with Crippen LogP contribution in [0.15, 0.2) is 59.4 Å². The van der Waals surface area contributed by atoms with Crippen LogP contribution in [0.5, 0.6) is 0 Å². The fourth-order valence-electron chi connectivity index (χ4n) is 3.88. The van der Waals surface area contributed by atoms with Crippen molar-refractivity contribution in [2.24, 2.45) is 0 Å². The number of rotatable bonds is 5. The van der Waals surface area contributed by atoms with Crippen molar-refractivity contribution in [1.82, 2.24) is 15.2 Å². The summed E-state index contributed by atoms with van der Waals surface area (Å²) in [5.41, 5.74) is 1.52. The molecule has 0 bridgehead atoms. The number of halogens is 1. The van der Waals surface area contributed by atoms with E-state index >= 15 is 0 Å². The number of H-pyrrole nitrogens is 1. The minimum absolute atomic E-state index is 0.266. The van der Waals surface area contributed by atoms with Gasteiger partial charge >= 0.3 is 0 Å². The van der Waals surface area contributed by atoms with Crippen LogP contribution in [0.1, 0.15) is 28.3 Å². The smallest absolute Gasteiger partial charge is 0.252 e. The number of hydrogen-bond acceptors (Lipinski definition) is 3. The van der Waals surface area contributed by atoms with Gasteiger partial charge in [0.1, 0.15) is 5.82 Å². The second-order valence-corrected chi connectivity index (χ2v) is 7.19. The first-order chi connectivity index (χ1) is 13.6. The number of fused-ring (bicyclic) bond motifs is 1. The Kier molecular flexibility index (Phi) is 5.21. The maximum atomic E-state index is 13.4. The van der Waals surface area contributed by atoms with Crippen molar-refractivity contribution in [3.63, 3.8) is 0 Å². The van der Waals surface area contributed by atoms with Gasteiger partial charge in [-0.05, 0) is 42.6 Å². The van der Waals surface area contributed by atoms with Gasteiger partial charge in [0.15, 0.2) is 0 Å². The predicted octanol–water partition coefficient (Wildman–Crippen LogP) is 2.89. The number of carbonyl (C=O) groups excluding carboxylic acids is 1. The molecule has 0 saturated carbocycles. The van der Waals surface area contributed by atoms with Crippen molar-refractivity contribution < 1.29 is 9.18 Å². The van der Waals surface area contributed by atoms with Gasteiger partial charge in [-0.2, -0.15) is 0 Å². The lowest BCUT2D eigenvalue weighted by atomic mass is 9.99. The van der Waals surface area contributed by atoms with E-state index in [2.05, 4.69) is 39.5 Å². The van der Waals surface area contributed by atoms with Crippen LogP contribution in [-0.4, -0.2) is 42.0 Å². The molecule has 2 N–H and O–H groups in total. The SMILES string of the molecule is O=C(NCCN1CC[C@H](c2ccccc2)C1)c1cc(=O)[nH]c2cc(F)ccc12. The van der Waals surface area contributed by atoms with E-state index in [0.717, 1.165) is 26.1 Å². The lowest BCUT2D eigenvalue weighted by molar-refractivity contribution is 0.0951. The number of carbonyl (C=O) groups is 1. The first-order valence-electron chi connectivity index (χ1n) is 9.48. The number of hydrogen-bond donors (Lipinski definition) is 2. The molecule has 28 heavy (non-hydrogen) atoms. The molecule has 144 valence electrons. The van der Waals surface area contributed by atoms with Gasteiger partial charge in [0.25, 0.3) is 5.91 Å². The molecule has 5 nitrogen and oxygen atoms in total. The molecule has 1 aliphatic rings. The van der Waals surface area contributed by atoms with Crippen LogP contribution in [0.4, 0.5) is 4.39 Å². The Balaban J connectivity index is 1.37. The number of aromatic nitrogens is 1. The van der Waals surface area contributed by atoms with Crippen LogP contribution in [0.2, 0.25) is 0 Å². The number of nitrogens with zero attached hydrogens (tertiary/aromatic N) is 1. The van der Waals surface area contributed by atoms with Crippen LogP contribution in [-0.2, 0) is 0 Å².